The molecule has 0 unspecified atom stereocenters. The highest BCUT2D eigenvalue weighted by Gasteiger charge is 2.50. The van der Waals surface area contributed by atoms with Crippen molar-refractivity contribution >= 4 is 43.5 Å². The summed E-state index contributed by atoms with van der Waals surface area (Å²) in [6.07, 6.45) is 1.89. The quantitative estimate of drug-likeness (QED) is 0.180. The lowest BCUT2D eigenvalue weighted by molar-refractivity contribution is 0.783. The molecule has 13 rings (SSSR count). The molecule has 8 aromatic carbocycles. The first-order chi connectivity index (χ1) is 28.8. The van der Waals surface area contributed by atoms with E-state index in [4.69, 9.17) is 19.9 Å². The van der Waals surface area contributed by atoms with Crippen LogP contribution in [0.3, 0.4) is 0 Å². The van der Waals surface area contributed by atoms with Crippen molar-refractivity contribution in [1.82, 2.24) is 24.5 Å². The Hall–Kier alpha value is -7.76. The van der Waals surface area contributed by atoms with Gasteiger partial charge in [-0.3, -0.25) is 4.98 Å². The molecule has 11 aromatic rings. The van der Waals surface area contributed by atoms with Crippen molar-refractivity contribution in [2.45, 2.75) is 5.41 Å². The van der Waals surface area contributed by atoms with Crippen molar-refractivity contribution in [1.29, 1.82) is 0 Å². The molecule has 5 heteroatoms. The number of hydrogen-bond acceptors (Lipinski definition) is 4. The first-order valence-electron chi connectivity index (χ1n) is 19.7. The number of hydrogen-bond donors (Lipinski definition) is 0. The standard InChI is InChI=1S/C53H31N5/c1-3-14-33(15-4-1)50-55-51(34-16-5-2-6-17-34)57-52(56-50)35-30-38-43(54-31-35)25-13-26-44(38)58-45-27-12-24-42-48(45)49-46(58)29-28-32-18-11-23-41(47(32)49)53(42)39-21-9-7-19-36(39)37-20-8-10-22-40(37)53/h1-31H. The smallest absolute Gasteiger partial charge is 0.165 e. The largest absolute Gasteiger partial charge is 0.309 e. The van der Waals surface area contributed by atoms with Crippen LogP contribution in [0.1, 0.15) is 22.3 Å². The second-order valence-corrected chi connectivity index (χ2v) is 15.3. The zero-order valence-corrected chi connectivity index (χ0v) is 31.1. The van der Waals surface area contributed by atoms with E-state index < -0.39 is 5.41 Å². The maximum Gasteiger partial charge on any atom is 0.165 e. The molecule has 3 heterocycles. The van der Waals surface area contributed by atoms with Gasteiger partial charge in [0, 0.05) is 39.0 Å². The van der Waals surface area contributed by atoms with Crippen LogP contribution in [0, 0.1) is 0 Å². The molecule has 0 radical (unpaired) electrons. The number of fused-ring (bicyclic) bond motifs is 8. The molecular weight excluding hydrogens is 707 g/mol. The molecule has 0 atom stereocenters. The SMILES string of the molecule is c1ccc(-c2nc(-c3ccccc3)nc(-c3cnc4cccc(-n5c6cccc7c6c6c8c(cccc8ccc65)C75c6ccccc6-c6ccccc65)c4c3)n2)cc1. The summed E-state index contributed by atoms with van der Waals surface area (Å²) in [5.74, 6) is 1.83. The maximum atomic E-state index is 5.06. The van der Waals surface area contributed by atoms with Crippen LogP contribution < -0.4 is 0 Å². The molecule has 0 N–H and O–H groups in total. The van der Waals surface area contributed by atoms with Crippen LogP contribution in [0.2, 0.25) is 0 Å². The second kappa shape index (κ2) is 11.6. The van der Waals surface area contributed by atoms with Crippen LogP contribution in [0.25, 0.3) is 94.5 Å². The van der Waals surface area contributed by atoms with Gasteiger partial charge in [0.25, 0.3) is 0 Å². The Morgan fingerprint density at radius 2 is 0.948 bits per heavy atom. The third-order valence-corrected chi connectivity index (χ3v) is 12.5. The Balaban J connectivity index is 1.10. The summed E-state index contributed by atoms with van der Waals surface area (Å²) >= 11 is 0. The van der Waals surface area contributed by atoms with Gasteiger partial charge in [0.2, 0.25) is 0 Å². The summed E-state index contributed by atoms with van der Waals surface area (Å²) in [5, 5.41) is 6.18. The van der Waals surface area contributed by atoms with Gasteiger partial charge in [-0.1, -0.05) is 152 Å². The monoisotopic (exact) mass is 737 g/mol. The lowest BCUT2D eigenvalue weighted by Gasteiger charge is -2.37. The molecule has 0 bridgehead atoms. The van der Waals surface area contributed by atoms with Crippen molar-refractivity contribution in [3.63, 3.8) is 0 Å². The Kier molecular flexibility index (Phi) is 6.31. The molecule has 0 aliphatic heterocycles. The van der Waals surface area contributed by atoms with Gasteiger partial charge in [-0.2, -0.15) is 0 Å². The second-order valence-electron chi connectivity index (χ2n) is 15.3. The number of benzene rings is 8. The van der Waals surface area contributed by atoms with Crippen LogP contribution >= 0.6 is 0 Å². The molecule has 5 nitrogen and oxygen atoms in total. The predicted molar refractivity (Wildman–Crippen MR) is 234 cm³/mol. The van der Waals surface area contributed by atoms with Gasteiger partial charge in [0.15, 0.2) is 17.5 Å². The van der Waals surface area contributed by atoms with Gasteiger partial charge in [-0.05, 0) is 74.5 Å². The van der Waals surface area contributed by atoms with Gasteiger partial charge >= 0.3 is 0 Å². The van der Waals surface area contributed by atoms with E-state index in [1.54, 1.807) is 0 Å². The molecular formula is C53H31N5. The van der Waals surface area contributed by atoms with E-state index in [0.29, 0.717) is 17.5 Å². The normalized spacial score (nSPS) is 13.3. The van der Waals surface area contributed by atoms with E-state index in [1.807, 2.05) is 66.9 Å². The zero-order valence-electron chi connectivity index (χ0n) is 31.1. The number of aromatic nitrogens is 5. The van der Waals surface area contributed by atoms with Gasteiger partial charge in [0.05, 0.1) is 27.7 Å². The highest BCUT2D eigenvalue weighted by Crippen LogP contribution is 2.62. The number of nitrogens with zero attached hydrogens (tertiary/aromatic N) is 5. The summed E-state index contributed by atoms with van der Waals surface area (Å²) in [5.41, 5.74) is 14.5. The average molecular weight is 738 g/mol. The van der Waals surface area contributed by atoms with Crippen molar-refractivity contribution < 1.29 is 0 Å². The first kappa shape index (κ1) is 31.4. The van der Waals surface area contributed by atoms with Crippen LogP contribution in [-0.2, 0) is 5.41 Å². The Morgan fingerprint density at radius 3 is 1.64 bits per heavy atom. The fraction of sp³-hybridized carbons (Fsp3) is 0.0189. The molecule has 0 amide bonds. The summed E-state index contributed by atoms with van der Waals surface area (Å²) in [6.45, 7) is 0. The Morgan fingerprint density at radius 1 is 0.397 bits per heavy atom. The molecule has 2 aliphatic rings. The minimum Gasteiger partial charge on any atom is -0.309 e. The number of pyridine rings is 1. The van der Waals surface area contributed by atoms with Gasteiger partial charge in [-0.25, -0.2) is 15.0 Å². The molecule has 2 aliphatic carbocycles. The van der Waals surface area contributed by atoms with Gasteiger partial charge < -0.3 is 4.57 Å². The van der Waals surface area contributed by atoms with Crippen molar-refractivity contribution in [3.8, 4) is 51.0 Å². The van der Waals surface area contributed by atoms with Gasteiger partial charge in [-0.15, -0.1) is 0 Å². The minimum atomic E-state index is -0.460. The fourth-order valence-electron chi connectivity index (χ4n) is 10.2. The minimum absolute atomic E-state index is 0.460. The molecule has 0 fully saturated rings. The topological polar surface area (TPSA) is 56.5 Å². The third kappa shape index (κ3) is 4.09. The molecule has 0 saturated carbocycles. The summed E-state index contributed by atoms with van der Waals surface area (Å²) in [6, 6.07) is 65.3. The van der Waals surface area contributed by atoms with Crippen LogP contribution in [0.5, 0.6) is 0 Å². The first-order valence-corrected chi connectivity index (χ1v) is 19.7. The summed E-state index contributed by atoms with van der Waals surface area (Å²) in [7, 11) is 0. The molecule has 58 heavy (non-hydrogen) atoms. The molecule has 0 saturated heterocycles. The maximum absolute atomic E-state index is 5.06. The van der Waals surface area contributed by atoms with Gasteiger partial charge in [0.1, 0.15) is 0 Å². The van der Waals surface area contributed by atoms with E-state index >= 15 is 0 Å². The lowest BCUT2D eigenvalue weighted by Crippen LogP contribution is -2.30. The molecule has 268 valence electrons. The van der Waals surface area contributed by atoms with E-state index in [0.717, 1.165) is 33.3 Å². The number of rotatable bonds is 4. The Labute approximate surface area is 333 Å². The molecule has 3 aromatic heterocycles. The zero-order chi connectivity index (χ0) is 38.0. The van der Waals surface area contributed by atoms with Crippen molar-refractivity contribution in [3.05, 3.63) is 210 Å². The summed E-state index contributed by atoms with van der Waals surface area (Å²) < 4.78 is 2.46. The summed E-state index contributed by atoms with van der Waals surface area (Å²) in [4.78, 5) is 20.1. The van der Waals surface area contributed by atoms with Crippen LogP contribution in [0.4, 0.5) is 0 Å². The average Bonchev–Trinajstić information content (AvgIpc) is 3.79. The van der Waals surface area contributed by atoms with E-state index in [-0.39, 0.29) is 0 Å². The van der Waals surface area contributed by atoms with Crippen LogP contribution in [-0.4, -0.2) is 24.5 Å². The highest BCUT2D eigenvalue weighted by atomic mass is 15.0. The predicted octanol–water partition coefficient (Wildman–Crippen LogP) is 12.3. The molecule has 1 spiro atoms. The third-order valence-electron chi connectivity index (χ3n) is 12.5. The van der Waals surface area contributed by atoms with E-state index in [9.17, 15) is 0 Å². The Bertz CT molecular complexity index is 3410. The fourth-order valence-corrected chi connectivity index (χ4v) is 10.2. The van der Waals surface area contributed by atoms with Crippen molar-refractivity contribution in [2.75, 3.05) is 0 Å². The van der Waals surface area contributed by atoms with E-state index in [1.165, 1.54) is 66.0 Å². The highest BCUT2D eigenvalue weighted by molar-refractivity contribution is 6.26. The van der Waals surface area contributed by atoms with E-state index in [2.05, 4.69) is 126 Å². The lowest BCUT2D eigenvalue weighted by atomic mass is 9.63. The van der Waals surface area contributed by atoms with Crippen LogP contribution in [0.15, 0.2) is 188 Å². The van der Waals surface area contributed by atoms with Crippen molar-refractivity contribution in [2.24, 2.45) is 0 Å².